The van der Waals surface area contributed by atoms with Gasteiger partial charge in [-0.25, -0.2) is 0 Å². The molecule has 0 heterocycles. The molecule has 0 fully saturated rings. The Morgan fingerprint density at radius 1 is 0.0435 bits per heavy atom. The molecule has 0 aromatic carbocycles. The van der Waals surface area contributed by atoms with E-state index in [4.69, 9.17) is 0 Å². The van der Waals surface area contributed by atoms with Crippen LogP contribution in [0.1, 0.15) is 0 Å². The molecule has 0 aromatic heterocycles. The maximum Gasteiger partial charge on any atom is 0 e. The molecule has 0 N–H and O–H groups in total. The molecule has 0 aromatic rings. The van der Waals surface area contributed by atoms with Crippen molar-refractivity contribution in [2.45, 2.75) is 0 Å². The van der Waals surface area contributed by atoms with E-state index in [-0.39, 0.29) is 752 Å². The predicted molar refractivity (Wildman–Crippen MR) is 0 cm³/mol. The molecule has 0 unspecified atom stereocenters. The van der Waals surface area contributed by atoms with Gasteiger partial charge in [-0.3, -0.25) is 0 Å². The molecule has 0 aliphatic carbocycles. The van der Waals surface area contributed by atoms with Crippen LogP contribution in [0, 0.1) is 0 Å². The van der Waals surface area contributed by atoms with Crippen LogP contribution in [0.4, 0.5) is 0 Å². The summed E-state index contributed by atoms with van der Waals surface area (Å²) < 4.78 is 0. The van der Waals surface area contributed by atoms with Gasteiger partial charge in [0.15, 0.2) is 0 Å². The zero-order valence-corrected chi connectivity index (χ0v) is 78.6. The van der Waals surface area contributed by atoms with E-state index in [2.05, 4.69) is 0 Å². The quantitative estimate of drug-likeness (QED) is 0.320. The average Bonchev–Trinajstić information content (AvgIpc) is 0. The first-order chi connectivity index (χ1) is 0. The summed E-state index contributed by atoms with van der Waals surface area (Å²) in [5, 5.41) is 0. The van der Waals surface area contributed by atoms with Crippen molar-refractivity contribution in [1.29, 1.82) is 0 Å². The Morgan fingerprint density at radius 2 is 0.0435 bits per heavy atom. The molecule has 23 heavy (non-hydrogen) atoms. The summed E-state index contributed by atoms with van der Waals surface area (Å²) in [6.07, 6.45) is 0. The van der Waals surface area contributed by atoms with Gasteiger partial charge in [0, 0.05) is 752 Å². The van der Waals surface area contributed by atoms with Gasteiger partial charge < -0.3 is 0 Å². The number of hydrogen-bond acceptors (Lipinski definition) is 0. The van der Waals surface area contributed by atoms with Gasteiger partial charge in [0.2, 0.25) is 0 Å². The average molecular weight is 2040 g/mol. The standard InChI is InChI=1S/23Y. The number of hydrogen-bond donors (Lipinski definition) is 0. The van der Waals surface area contributed by atoms with E-state index in [1.165, 1.54) is 0 Å². The molecular formula is Y23. The Kier molecular flexibility index (Phi) is 1160. The first kappa shape index (κ1) is 169. The predicted octanol–water partition coefficient (Wildman–Crippen LogP) is -0.0575. The van der Waals surface area contributed by atoms with Gasteiger partial charge in [0.25, 0.3) is 0 Å². The Balaban J connectivity index is 0. The van der Waals surface area contributed by atoms with Gasteiger partial charge in [-0.05, 0) is 0 Å². The molecule has 0 saturated carbocycles. The van der Waals surface area contributed by atoms with Crippen LogP contribution in [0.25, 0.3) is 0 Å². The Hall–Kier alpha value is 25.4. The molecular weight excluding hydrogens is 2040 g/mol. The topological polar surface area (TPSA) is 0 Å². The minimum Gasteiger partial charge on any atom is 0 e. The van der Waals surface area contributed by atoms with Gasteiger partial charge >= 0.3 is 0 Å². The van der Waals surface area contributed by atoms with Crippen molar-refractivity contribution in [3.8, 4) is 0 Å². The van der Waals surface area contributed by atoms with Crippen molar-refractivity contribution in [1.82, 2.24) is 0 Å². The molecule has 0 aliphatic heterocycles. The van der Waals surface area contributed by atoms with Gasteiger partial charge in [0.1, 0.15) is 0 Å². The van der Waals surface area contributed by atoms with E-state index in [1.807, 2.05) is 0 Å². The van der Waals surface area contributed by atoms with Crippen LogP contribution >= 0.6 is 0 Å². The first-order valence-electron chi connectivity index (χ1n) is 0. The molecule has 0 aliphatic rings. The summed E-state index contributed by atoms with van der Waals surface area (Å²) >= 11 is 0. The van der Waals surface area contributed by atoms with Crippen LogP contribution in [0.15, 0.2) is 0 Å². The summed E-state index contributed by atoms with van der Waals surface area (Å²) in [7, 11) is 0. The molecule has 0 amide bonds. The molecule has 0 atom stereocenters. The first-order valence-corrected chi connectivity index (χ1v) is 0. The fraction of sp³-hybridized carbons (Fsp3) is 0. The fourth-order valence-corrected chi connectivity index (χ4v) is 0. The van der Waals surface area contributed by atoms with Crippen molar-refractivity contribution in [3.63, 3.8) is 0 Å². The fourth-order valence-electron chi connectivity index (χ4n) is 0. The Bertz CT molecular complexity index is 0. The van der Waals surface area contributed by atoms with Crippen molar-refractivity contribution < 1.29 is 752 Å². The zero-order valence-electron chi connectivity index (χ0n) is 13.3. The number of rotatable bonds is 0. The van der Waals surface area contributed by atoms with E-state index in [1.54, 1.807) is 0 Å². The second-order valence-corrected chi connectivity index (χ2v) is 0. The molecule has 23 radical (unpaired) electrons. The third-order valence-electron chi connectivity index (χ3n) is 0. The summed E-state index contributed by atoms with van der Waals surface area (Å²) in [6.45, 7) is 0. The smallest absolute Gasteiger partial charge is 0 e. The van der Waals surface area contributed by atoms with E-state index in [9.17, 15) is 0 Å². The van der Waals surface area contributed by atoms with Crippen LogP contribution < -0.4 is 0 Å². The van der Waals surface area contributed by atoms with Crippen molar-refractivity contribution >= 4 is 0 Å². The van der Waals surface area contributed by atoms with Gasteiger partial charge in [-0.2, -0.15) is 0 Å². The van der Waals surface area contributed by atoms with Gasteiger partial charge in [0.05, 0.1) is 0 Å². The maximum absolute atomic E-state index is 0. The summed E-state index contributed by atoms with van der Waals surface area (Å²) in [5.41, 5.74) is 0. The van der Waals surface area contributed by atoms with E-state index < -0.39 is 0 Å². The van der Waals surface area contributed by atoms with Crippen LogP contribution in [0.2, 0.25) is 0 Å². The summed E-state index contributed by atoms with van der Waals surface area (Å²) in [5.74, 6) is 0. The third kappa shape index (κ3) is 151. The van der Waals surface area contributed by atoms with Crippen LogP contribution in [-0.2, 0) is 752 Å². The van der Waals surface area contributed by atoms with Crippen LogP contribution in [0.3, 0.4) is 0 Å². The third-order valence-corrected chi connectivity index (χ3v) is 0. The SMILES string of the molecule is [Y].[Y].[Y].[Y].[Y].[Y].[Y].[Y].[Y].[Y].[Y].[Y].[Y].[Y].[Y].[Y].[Y].[Y].[Y].[Y].[Y].[Y].[Y]. The van der Waals surface area contributed by atoms with Gasteiger partial charge in [-0.1, -0.05) is 0 Å². The largest absolute Gasteiger partial charge is 0 e. The molecule has 0 saturated heterocycles. The molecule has 0 bridgehead atoms. The van der Waals surface area contributed by atoms with Crippen LogP contribution in [-0.4, -0.2) is 0 Å². The second kappa shape index (κ2) is 158. The summed E-state index contributed by atoms with van der Waals surface area (Å²) in [6, 6.07) is 0. The monoisotopic (exact) mass is 2040 g/mol. The van der Waals surface area contributed by atoms with Crippen molar-refractivity contribution in [2.24, 2.45) is 0 Å². The molecule has 0 rings (SSSR count). The normalized spacial score (nSPS) is 0. The van der Waals surface area contributed by atoms with Crippen molar-refractivity contribution in [3.05, 3.63) is 0 Å². The van der Waals surface area contributed by atoms with Crippen molar-refractivity contribution in [2.75, 3.05) is 0 Å². The minimum atomic E-state index is 0. The Labute approximate surface area is 723 Å². The molecule has 69 valence electrons. The second-order valence-electron chi connectivity index (χ2n) is 0. The molecule has 23 heteroatoms. The zero-order chi connectivity index (χ0) is 0. The van der Waals surface area contributed by atoms with Crippen LogP contribution in [0.5, 0.6) is 0 Å². The van der Waals surface area contributed by atoms with E-state index >= 15 is 0 Å². The van der Waals surface area contributed by atoms with E-state index in [0.717, 1.165) is 0 Å². The molecule has 0 nitrogen and oxygen atoms in total. The summed E-state index contributed by atoms with van der Waals surface area (Å²) in [4.78, 5) is 0. The molecule has 0 spiro atoms. The Morgan fingerprint density at radius 3 is 0.0435 bits per heavy atom. The maximum atomic E-state index is 0. The minimum absolute atomic E-state index is 0. The van der Waals surface area contributed by atoms with Gasteiger partial charge in [-0.15, -0.1) is 0 Å². The van der Waals surface area contributed by atoms with E-state index in [0.29, 0.717) is 0 Å².